The summed E-state index contributed by atoms with van der Waals surface area (Å²) in [7, 11) is -2.08. The molecule has 1 N–H and O–H groups in total. The Morgan fingerprint density at radius 1 is 1.10 bits per heavy atom. The fraction of sp³-hybridized carbons (Fsp3) is 0.409. The van der Waals surface area contributed by atoms with E-state index < -0.39 is 16.1 Å². The summed E-state index contributed by atoms with van der Waals surface area (Å²) in [5.74, 6) is 0.943. The molecule has 0 heterocycles. The highest BCUT2D eigenvalue weighted by atomic mass is 32.2. The fourth-order valence-electron chi connectivity index (χ4n) is 3.07. The van der Waals surface area contributed by atoms with Gasteiger partial charge in [0.05, 0.1) is 25.6 Å². The summed E-state index contributed by atoms with van der Waals surface area (Å²) in [6.45, 7) is 6.15. The lowest BCUT2D eigenvalue weighted by Crippen LogP contribution is -2.50. The van der Waals surface area contributed by atoms with Gasteiger partial charge in [-0.3, -0.25) is 9.10 Å². The van der Waals surface area contributed by atoms with Crippen molar-refractivity contribution in [1.82, 2.24) is 5.32 Å². The number of nitrogens with zero attached hydrogens (tertiary/aromatic N) is 1. The van der Waals surface area contributed by atoms with Crippen LogP contribution in [0.2, 0.25) is 0 Å². The van der Waals surface area contributed by atoms with Crippen molar-refractivity contribution in [1.29, 1.82) is 0 Å². The van der Waals surface area contributed by atoms with E-state index in [4.69, 9.17) is 9.47 Å². The second-order valence-corrected chi connectivity index (χ2v) is 8.93. The first-order chi connectivity index (χ1) is 14.2. The fourth-order valence-corrected chi connectivity index (χ4v) is 4.28. The molecule has 0 aliphatic rings. The number of methoxy groups -OCH3 is 1. The number of benzene rings is 2. The number of carbonyl (C=O) groups excluding carboxylic acids is 1. The van der Waals surface area contributed by atoms with Crippen molar-refractivity contribution in [3.05, 3.63) is 53.6 Å². The van der Waals surface area contributed by atoms with Crippen LogP contribution in [0.1, 0.15) is 24.5 Å². The van der Waals surface area contributed by atoms with Crippen LogP contribution in [0, 0.1) is 13.8 Å². The molecule has 0 saturated heterocycles. The van der Waals surface area contributed by atoms with E-state index in [1.54, 1.807) is 38.3 Å². The third-order valence-corrected chi connectivity index (χ3v) is 5.97. The van der Waals surface area contributed by atoms with E-state index in [0.29, 0.717) is 23.6 Å². The molecule has 1 unspecified atom stereocenters. The highest BCUT2D eigenvalue weighted by Gasteiger charge is 2.31. The lowest BCUT2D eigenvalue weighted by atomic mass is 10.1. The molecule has 0 spiro atoms. The van der Waals surface area contributed by atoms with Crippen LogP contribution in [0.4, 0.5) is 5.69 Å². The minimum absolute atomic E-state index is 0.247. The normalized spacial score (nSPS) is 12.2. The van der Waals surface area contributed by atoms with Gasteiger partial charge >= 0.3 is 0 Å². The summed E-state index contributed by atoms with van der Waals surface area (Å²) in [5, 5.41) is 2.78. The number of rotatable bonds is 10. The van der Waals surface area contributed by atoms with Gasteiger partial charge < -0.3 is 14.8 Å². The van der Waals surface area contributed by atoms with Gasteiger partial charge in [0.25, 0.3) is 0 Å². The quantitative estimate of drug-likeness (QED) is 0.581. The molecule has 2 rings (SSSR count). The number of sulfonamides is 1. The van der Waals surface area contributed by atoms with Crippen molar-refractivity contribution in [3.8, 4) is 11.5 Å². The van der Waals surface area contributed by atoms with Crippen LogP contribution < -0.4 is 19.1 Å². The Morgan fingerprint density at radius 2 is 1.80 bits per heavy atom. The molecule has 8 heteroatoms. The topological polar surface area (TPSA) is 84.9 Å². The van der Waals surface area contributed by atoms with E-state index in [9.17, 15) is 13.2 Å². The maximum atomic E-state index is 12.8. The molecule has 164 valence electrons. The summed E-state index contributed by atoms with van der Waals surface area (Å²) in [6, 6.07) is 11.7. The van der Waals surface area contributed by atoms with Gasteiger partial charge in [0.2, 0.25) is 15.9 Å². The molecule has 0 fully saturated rings. The van der Waals surface area contributed by atoms with Gasteiger partial charge in [0.1, 0.15) is 24.1 Å². The smallest absolute Gasteiger partial charge is 0.244 e. The molecule has 0 saturated carbocycles. The number of anilines is 1. The highest BCUT2D eigenvalue weighted by molar-refractivity contribution is 7.92. The van der Waals surface area contributed by atoms with Crippen molar-refractivity contribution in [3.63, 3.8) is 0 Å². The Bertz CT molecular complexity index is 975. The second kappa shape index (κ2) is 10.3. The monoisotopic (exact) mass is 434 g/mol. The molecule has 2 aromatic carbocycles. The minimum atomic E-state index is -3.66. The number of nitrogens with one attached hydrogen (secondary N) is 1. The van der Waals surface area contributed by atoms with E-state index >= 15 is 0 Å². The Balaban J connectivity index is 2.07. The predicted molar refractivity (Wildman–Crippen MR) is 119 cm³/mol. The standard InChI is InChI=1S/C22H30N2O5S/c1-6-21(24(30(5,26)27)18-11-10-16(2)17(3)14-18)22(25)23-12-13-29-20-9-7-8-19(15-20)28-4/h7-11,14-15,21H,6,12-13H2,1-5H3,(H,23,25). The van der Waals surface area contributed by atoms with Crippen LogP contribution in [0.3, 0.4) is 0 Å². The van der Waals surface area contributed by atoms with E-state index in [-0.39, 0.29) is 19.1 Å². The van der Waals surface area contributed by atoms with Gasteiger partial charge in [-0.05, 0) is 55.7 Å². The molecule has 1 amide bonds. The Kier molecular flexibility index (Phi) is 8.11. The van der Waals surface area contributed by atoms with Crippen LogP contribution >= 0.6 is 0 Å². The van der Waals surface area contributed by atoms with Crippen LogP contribution in [-0.2, 0) is 14.8 Å². The minimum Gasteiger partial charge on any atom is -0.497 e. The maximum absolute atomic E-state index is 12.8. The van der Waals surface area contributed by atoms with Crippen LogP contribution in [0.5, 0.6) is 11.5 Å². The van der Waals surface area contributed by atoms with Crippen molar-refractivity contribution in [2.24, 2.45) is 0 Å². The van der Waals surface area contributed by atoms with Gasteiger partial charge in [-0.2, -0.15) is 0 Å². The molecule has 0 bridgehead atoms. The lowest BCUT2D eigenvalue weighted by Gasteiger charge is -2.30. The number of amides is 1. The number of hydrogen-bond acceptors (Lipinski definition) is 5. The molecule has 0 aromatic heterocycles. The first-order valence-corrected chi connectivity index (χ1v) is 11.6. The van der Waals surface area contributed by atoms with Gasteiger partial charge in [-0.1, -0.05) is 19.1 Å². The molecule has 7 nitrogen and oxygen atoms in total. The first-order valence-electron chi connectivity index (χ1n) is 9.78. The summed E-state index contributed by atoms with van der Waals surface area (Å²) in [5.41, 5.74) is 2.50. The first kappa shape index (κ1) is 23.5. The van der Waals surface area contributed by atoms with Crippen LogP contribution in [0.25, 0.3) is 0 Å². The number of aryl methyl sites for hydroxylation is 2. The zero-order chi connectivity index (χ0) is 22.3. The molecule has 1 atom stereocenters. The average molecular weight is 435 g/mol. The van der Waals surface area contributed by atoms with Crippen molar-refractivity contribution >= 4 is 21.6 Å². The predicted octanol–water partition coefficient (Wildman–Crippen LogP) is 3.05. The maximum Gasteiger partial charge on any atom is 0.244 e. The summed E-state index contributed by atoms with van der Waals surface area (Å²) in [6.07, 6.45) is 1.45. The molecular weight excluding hydrogens is 404 g/mol. The van der Waals surface area contributed by atoms with E-state index in [0.717, 1.165) is 17.4 Å². The molecule has 2 aromatic rings. The van der Waals surface area contributed by atoms with Crippen LogP contribution in [0.15, 0.2) is 42.5 Å². The largest absolute Gasteiger partial charge is 0.497 e. The van der Waals surface area contributed by atoms with Crippen molar-refractivity contribution in [2.75, 3.05) is 30.8 Å². The molecule has 0 radical (unpaired) electrons. The molecule has 30 heavy (non-hydrogen) atoms. The van der Waals surface area contributed by atoms with Crippen molar-refractivity contribution < 1.29 is 22.7 Å². The summed E-state index contributed by atoms with van der Waals surface area (Å²) in [4.78, 5) is 12.8. The Hall–Kier alpha value is -2.74. The molecule has 0 aliphatic heterocycles. The Labute approximate surface area is 179 Å². The van der Waals surface area contributed by atoms with Crippen molar-refractivity contribution in [2.45, 2.75) is 33.2 Å². The highest BCUT2D eigenvalue weighted by Crippen LogP contribution is 2.25. The molecule has 0 aliphatic carbocycles. The van der Waals surface area contributed by atoms with Gasteiger partial charge in [0, 0.05) is 6.07 Å². The van der Waals surface area contributed by atoms with Crippen LogP contribution in [-0.4, -0.2) is 46.9 Å². The van der Waals surface area contributed by atoms with Gasteiger partial charge in [-0.25, -0.2) is 8.42 Å². The zero-order valence-electron chi connectivity index (χ0n) is 18.1. The number of ether oxygens (including phenoxy) is 2. The SMILES string of the molecule is CCC(C(=O)NCCOc1cccc(OC)c1)N(c1ccc(C)c(C)c1)S(C)(=O)=O. The summed E-state index contributed by atoms with van der Waals surface area (Å²) >= 11 is 0. The van der Waals surface area contributed by atoms with E-state index in [1.165, 1.54) is 4.31 Å². The second-order valence-electron chi connectivity index (χ2n) is 7.07. The number of carbonyl (C=O) groups is 1. The molecular formula is C22H30N2O5S. The van der Waals surface area contributed by atoms with E-state index in [1.807, 2.05) is 32.0 Å². The third kappa shape index (κ3) is 6.13. The number of hydrogen-bond donors (Lipinski definition) is 1. The lowest BCUT2D eigenvalue weighted by molar-refractivity contribution is -0.122. The van der Waals surface area contributed by atoms with E-state index in [2.05, 4.69) is 5.32 Å². The van der Waals surface area contributed by atoms with Gasteiger partial charge in [-0.15, -0.1) is 0 Å². The zero-order valence-corrected chi connectivity index (χ0v) is 19.0. The Morgan fingerprint density at radius 3 is 2.40 bits per heavy atom. The average Bonchev–Trinajstić information content (AvgIpc) is 2.70. The third-order valence-electron chi connectivity index (χ3n) is 4.79. The van der Waals surface area contributed by atoms with Gasteiger partial charge in [0.15, 0.2) is 0 Å². The summed E-state index contributed by atoms with van der Waals surface area (Å²) < 4.78 is 37.0.